The van der Waals surface area contributed by atoms with Crippen LogP contribution in [0.4, 0.5) is 5.69 Å². The summed E-state index contributed by atoms with van der Waals surface area (Å²) < 4.78 is 34.5. The minimum absolute atomic E-state index is 0.0180. The molecule has 7 heteroatoms. The Labute approximate surface area is 109 Å². The fourth-order valence-electron chi connectivity index (χ4n) is 1.21. The summed E-state index contributed by atoms with van der Waals surface area (Å²) in [5.74, 6) is -0.0624. The van der Waals surface area contributed by atoms with Crippen LogP contribution < -0.4 is 5.73 Å². The minimum atomic E-state index is -3.13. The molecule has 2 N–H and O–H groups in total. The van der Waals surface area contributed by atoms with Gasteiger partial charge in [0.2, 0.25) is 0 Å². The van der Waals surface area contributed by atoms with Gasteiger partial charge in [-0.3, -0.25) is 4.21 Å². The van der Waals surface area contributed by atoms with Crippen LogP contribution in [-0.4, -0.2) is 29.9 Å². The van der Waals surface area contributed by atoms with Crippen molar-refractivity contribution in [2.75, 3.05) is 23.0 Å². The van der Waals surface area contributed by atoms with Crippen LogP contribution in [0.15, 0.2) is 23.1 Å². The third-order valence-electron chi connectivity index (χ3n) is 2.24. The van der Waals surface area contributed by atoms with Crippen LogP contribution in [0.2, 0.25) is 5.02 Å². The second kappa shape index (κ2) is 5.84. The van der Waals surface area contributed by atoms with Crippen molar-refractivity contribution in [3.8, 4) is 0 Å². The first-order valence-electron chi connectivity index (χ1n) is 5.00. The van der Waals surface area contributed by atoms with E-state index in [0.717, 1.165) is 0 Å². The topological polar surface area (TPSA) is 77.2 Å². The van der Waals surface area contributed by atoms with Gasteiger partial charge in [0, 0.05) is 17.2 Å². The lowest BCUT2D eigenvalue weighted by atomic mass is 10.3. The van der Waals surface area contributed by atoms with Crippen molar-refractivity contribution in [2.45, 2.75) is 11.8 Å². The van der Waals surface area contributed by atoms with Gasteiger partial charge in [-0.05, 0) is 12.1 Å². The van der Waals surface area contributed by atoms with E-state index in [1.54, 1.807) is 25.1 Å². The van der Waals surface area contributed by atoms with Gasteiger partial charge >= 0.3 is 0 Å². The molecule has 0 spiro atoms. The van der Waals surface area contributed by atoms with E-state index in [0.29, 0.717) is 15.6 Å². The zero-order valence-electron chi connectivity index (χ0n) is 9.35. The lowest BCUT2D eigenvalue weighted by molar-refractivity contribution is 0.598. The van der Waals surface area contributed by atoms with Crippen LogP contribution in [-0.2, 0) is 20.6 Å². The van der Waals surface area contributed by atoms with Crippen LogP contribution in [0.25, 0.3) is 0 Å². The van der Waals surface area contributed by atoms with E-state index >= 15 is 0 Å². The van der Waals surface area contributed by atoms with Crippen LogP contribution in [0.3, 0.4) is 0 Å². The molecule has 0 amide bonds. The Morgan fingerprint density at radius 2 is 2.06 bits per heavy atom. The van der Waals surface area contributed by atoms with Crippen molar-refractivity contribution in [3.63, 3.8) is 0 Å². The Morgan fingerprint density at radius 3 is 2.59 bits per heavy atom. The van der Waals surface area contributed by atoms with Crippen molar-refractivity contribution in [1.29, 1.82) is 0 Å². The summed E-state index contributed by atoms with van der Waals surface area (Å²) in [7, 11) is -4.62. The largest absolute Gasteiger partial charge is 0.398 e. The van der Waals surface area contributed by atoms with E-state index in [2.05, 4.69) is 0 Å². The van der Waals surface area contributed by atoms with Crippen LogP contribution >= 0.6 is 11.6 Å². The molecule has 1 aromatic rings. The van der Waals surface area contributed by atoms with E-state index in [1.165, 1.54) is 0 Å². The molecule has 0 aromatic heterocycles. The highest BCUT2D eigenvalue weighted by Crippen LogP contribution is 2.25. The molecule has 17 heavy (non-hydrogen) atoms. The van der Waals surface area contributed by atoms with E-state index in [-0.39, 0.29) is 17.3 Å². The number of rotatable bonds is 5. The Bertz CT molecular complexity index is 508. The van der Waals surface area contributed by atoms with E-state index in [1.807, 2.05) is 0 Å². The van der Waals surface area contributed by atoms with E-state index < -0.39 is 20.6 Å². The molecule has 1 unspecified atom stereocenters. The monoisotopic (exact) mass is 295 g/mol. The molecule has 4 nitrogen and oxygen atoms in total. The second-order valence-electron chi connectivity index (χ2n) is 3.44. The number of sulfone groups is 1. The fraction of sp³-hybridized carbons (Fsp3) is 0.400. The normalized spacial score (nSPS) is 13.5. The Hall–Kier alpha value is -0.590. The summed E-state index contributed by atoms with van der Waals surface area (Å²) in [5.41, 5.74) is 5.99. The van der Waals surface area contributed by atoms with Crippen molar-refractivity contribution < 1.29 is 12.6 Å². The predicted molar refractivity (Wildman–Crippen MR) is 71.5 cm³/mol. The molecule has 0 aliphatic rings. The van der Waals surface area contributed by atoms with Gasteiger partial charge < -0.3 is 5.73 Å². The van der Waals surface area contributed by atoms with Gasteiger partial charge in [-0.25, -0.2) is 8.42 Å². The van der Waals surface area contributed by atoms with Gasteiger partial charge in [-0.2, -0.15) is 0 Å². The number of nitrogen functional groups attached to an aromatic ring is 1. The number of hydrogen-bond acceptors (Lipinski definition) is 4. The Kier molecular flexibility index (Phi) is 4.97. The average molecular weight is 296 g/mol. The van der Waals surface area contributed by atoms with Crippen molar-refractivity contribution in [1.82, 2.24) is 0 Å². The zero-order valence-corrected chi connectivity index (χ0v) is 11.7. The fourth-order valence-corrected chi connectivity index (χ4v) is 4.39. The smallest absolute Gasteiger partial charge is 0.150 e. The lowest BCUT2D eigenvalue weighted by Crippen LogP contribution is -2.16. The number of anilines is 1. The maximum Gasteiger partial charge on any atom is 0.150 e. The first-order chi connectivity index (χ1) is 7.87. The third kappa shape index (κ3) is 3.97. The number of nitrogens with two attached hydrogens (primary N) is 1. The van der Waals surface area contributed by atoms with Crippen LogP contribution in [0, 0.1) is 0 Å². The van der Waals surface area contributed by atoms with E-state index in [9.17, 15) is 12.6 Å². The highest BCUT2D eigenvalue weighted by molar-refractivity contribution is 7.93. The molecular weight excluding hydrogens is 282 g/mol. The Morgan fingerprint density at radius 1 is 1.41 bits per heavy atom. The second-order valence-corrected chi connectivity index (χ2v) is 7.83. The summed E-state index contributed by atoms with van der Waals surface area (Å²) >= 11 is 5.89. The molecule has 0 radical (unpaired) electrons. The summed E-state index contributed by atoms with van der Waals surface area (Å²) in [6, 6.07) is 4.83. The molecule has 0 aliphatic carbocycles. The van der Waals surface area contributed by atoms with Crippen molar-refractivity contribution >= 4 is 37.9 Å². The minimum Gasteiger partial charge on any atom is -0.398 e. The van der Waals surface area contributed by atoms with E-state index in [4.69, 9.17) is 17.3 Å². The van der Waals surface area contributed by atoms with Gasteiger partial charge in [-0.1, -0.05) is 24.6 Å². The SMILES string of the molecule is CCS(=O)(=O)CCS(=O)c1c(N)cccc1Cl. The molecular formula is C10H14ClNO3S2. The van der Waals surface area contributed by atoms with Gasteiger partial charge in [0.05, 0.1) is 26.5 Å². The molecule has 0 saturated carbocycles. The lowest BCUT2D eigenvalue weighted by Gasteiger charge is -2.07. The molecule has 0 bridgehead atoms. The maximum absolute atomic E-state index is 11.9. The average Bonchev–Trinajstić information content (AvgIpc) is 2.26. The van der Waals surface area contributed by atoms with Crippen molar-refractivity contribution in [3.05, 3.63) is 23.2 Å². The number of benzene rings is 1. The highest BCUT2D eigenvalue weighted by atomic mass is 35.5. The highest BCUT2D eigenvalue weighted by Gasteiger charge is 2.15. The molecule has 1 rings (SSSR count). The Balaban J connectivity index is 2.85. The molecule has 0 saturated heterocycles. The van der Waals surface area contributed by atoms with Gasteiger partial charge in [0.25, 0.3) is 0 Å². The standard InChI is InChI=1S/C10H14ClNO3S2/c1-2-17(14,15)7-6-16(13)10-8(11)4-3-5-9(10)12/h3-5H,2,6-7,12H2,1H3. The summed E-state index contributed by atoms with van der Waals surface area (Å²) in [6.07, 6.45) is 0. The zero-order chi connectivity index (χ0) is 13.1. The molecule has 0 aliphatic heterocycles. The van der Waals surface area contributed by atoms with Crippen molar-refractivity contribution in [2.24, 2.45) is 0 Å². The van der Waals surface area contributed by atoms with Crippen LogP contribution in [0.1, 0.15) is 6.92 Å². The summed E-state index contributed by atoms with van der Waals surface area (Å²) in [6.45, 7) is 1.56. The predicted octanol–water partition coefficient (Wildman–Crippen LogP) is 1.46. The molecule has 0 heterocycles. The van der Waals surface area contributed by atoms with Crippen LogP contribution in [0.5, 0.6) is 0 Å². The first kappa shape index (κ1) is 14.5. The summed E-state index contributed by atoms with van der Waals surface area (Å²) in [5, 5.41) is 0.303. The molecule has 0 fully saturated rings. The summed E-state index contributed by atoms with van der Waals surface area (Å²) in [4.78, 5) is 0.320. The maximum atomic E-state index is 11.9. The molecule has 1 aromatic carbocycles. The number of halogens is 1. The van der Waals surface area contributed by atoms with Gasteiger partial charge in [-0.15, -0.1) is 0 Å². The first-order valence-corrected chi connectivity index (χ1v) is 8.52. The van der Waals surface area contributed by atoms with Gasteiger partial charge in [0.15, 0.2) is 9.84 Å². The molecule has 96 valence electrons. The van der Waals surface area contributed by atoms with Gasteiger partial charge in [0.1, 0.15) is 0 Å². The quantitative estimate of drug-likeness (QED) is 0.834. The molecule has 1 atom stereocenters. The third-order valence-corrected chi connectivity index (χ3v) is 6.12. The number of hydrogen-bond donors (Lipinski definition) is 1.